The zero-order valence-electron chi connectivity index (χ0n) is 10.0. The van der Waals surface area contributed by atoms with Gasteiger partial charge in [0.25, 0.3) is 0 Å². The van der Waals surface area contributed by atoms with E-state index in [4.69, 9.17) is 5.11 Å². The summed E-state index contributed by atoms with van der Waals surface area (Å²) in [4.78, 5) is 11.6. The molecule has 1 heterocycles. The molecule has 6 heteroatoms. The van der Waals surface area contributed by atoms with Crippen LogP contribution in [0.5, 0.6) is 0 Å². The lowest BCUT2D eigenvalue weighted by Gasteiger charge is -2.09. The van der Waals surface area contributed by atoms with E-state index in [-0.39, 0.29) is 5.69 Å². The first kappa shape index (κ1) is 13.5. The zero-order chi connectivity index (χ0) is 14.0. The predicted molar refractivity (Wildman–Crippen MR) is 69.7 cm³/mol. The number of carboxylic acid groups (broad SMARTS) is 1. The Kier molecular flexibility index (Phi) is 3.80. The Balaban J connectivity index is 2.21. The summed E-state index contributed by atoms with van der Waals surface area (Å²) in [5, 5.41) is 13.2. The van der Waals surface area contributed by atoms with E-state index in [1.165, 1.54) is 11.3 Å². The summed E-state index contributed by atoms with van der Waals surface area (Å²) < 4.78 is 27.3. The lowest BCUT2D eigenvalue weighted by molar-refractivity contribution is 0.0696. The van der Waals surface area contributed by atoms with Crippen LogP contribution in [0.2, 0.25) is 0 Å². The third-order valence-corrected chi connectivity index (χ3v) is 3.71. The van der Waals surface area contributed by atoms with Gasteiger partial charge in [0.15, 0.2) is 0 Å². The number of carbonyl (C=O) groups is 1. The van der Waals surface area contributed by atoms with Crippen molar-refractivity contribution in [2.24, 2.45) is 0 Å². The molecule has 0 aliphatic carbocycles. The Labute approximate surface area is 112 Å². The molecule has 2 N–H and O–H groups in total. The molecule has 0 saturated carbocycles. The summed E-state index contributed by atoms with van der Waals surface area (Å²) in [5.74, 6) is -3.18. The third-order valence-electron chi connectivity index (χ3n) is 2.68. The number of benzene rings is 1. The molecule has 0 bridgehead atoms. The van der Waals surface area contributed by atoms with E-state index < -0.39 is 23.2 Å². The van der Waals surface area contributed by atoms with Crippen molar-refractivity contribution >= 4 is 23.0 Å². The number of halogens is 2. The van der Waals surface area contributed by atoms with Gasteiger partial charge in [-0.15, -0.1) is 11.3 Å². The van der Waals surface area contributed by atoms with E-state index in [0.717, 1.165) is 22.6 Å². The Bertz CT molecular complexity index is 602. The summed E-state index contributed by atoms with van der Waals surface area (Å²) >= 11 is 1.49. The Morgan fingerprint density at radius 1 is 1.37 bits per heavy atom. The van der Waals surface area contributed by atoms with Crippen molar-refractivity contribution in [1.82, 2.24) is 0 Å². The number of thiophene rings is 1. The first-order valence-electron chi connectivity index (χ1n) is 5.48. The molecule has 1 aromatic carbocycles. The highest BCUT2D eigenvalue weighted by Gasteiger charge is 2.14. The van der Waals surface area contributed by atoms with Crippen LogP contribution in [0.15, 0.2) is 23.6 Å². The quantitative estimate of drug-likeness (QED) is 0.900. The number of hydrogen-bond acceptors (Lipinski definition) is 3. The van der Waals surface area contributed by atoms with Gasteiger partial charge < -0.3 is 10.4 Å². The highest BCUT2D eigenvalue weighted by Crippen LogP contribution is 2.23. The number of aromatic carboxylic acids is 1. The van der Waals surface area contributed by atoms with Crippen molar-refractivity contribution in [1.29, 1.82) is 0 Å². The monoisotopic (exact) mass is 283 g/mol. The second-order valence-electron chi connectivity index (χ2n) is 4.00. The summed E-state index contributed by atoms with van der Waals surface area (Å²) in [6.45, 7) is 2.21. The number of carboxylic acids is 1. The van der Waals surface area contributed by atoms with E-state index in [1.54, 1.807) is 0 Å². The first-order valence-corrected chi connectivity index (χ1v) is 6.36. The molecule has 100 valence electrons. The van der Waals surface area contributed by atoms with Crippen molar-refractivity contribution in [2.45, 2.75) is 13.5 Å². The molecule has 0 unspecified atom stereocenters. The summed E-state index contributed by atoms with van der Waals surface area (Å²) in [6, 6.07) is 3.52. The van der Waals surface area contributed by atoms with Crippen LogP contribution < -0.4 is 5.32 Å². The van der Waals surface area contributed by atoms with Gasteiger partial charge >= 0.3 is 5.97 Å². The average Bonchev–Trinajstić information content (AvgIpc) is 2.73. The van der Waals surface area contributed by atoms with Gasteiger partial charge in [-0.3, -0.25) is 0 Å². The van der Waals surface area contributed by atoms with Crippen LogP contribution in [0, 0.1) is 18.6 Å². The Morgan fingerprint density at radius 2 is 2.00 bits per heavy atom. The van der Waals surface area contributed by atoms with Gasteiger partial charge in [0.1, 0.15) is 17.3 Å². The first-order chi connectivity index (χ1) is 8.99. The van der Waals surface area contributed by atoms with Gasteiger partial charge in [-0.05, 0) is 36.1 Å². The molecule has 0 saturated heterocycles. The van der Waals surface area contributed by atoms with Crippen LogP contribution in [0.3, 0.4) is 0 Å². The third kappa shape index (κ3) is 2.90. The minimum Gasteiger partial charge on any atom is -0.478 e. The summed E-state index contributed by atoms with van der Waals surface area (Å²) in [7, 11) is 0. The zero-order valence-corrected chi connectivity index (χ0v) is 10.9. The van der Waals surface area contributed by atoms with Gasteiger partial charge in [0.05, 0.1) is 5.56 Å². The van der Waals surface area contributed by atoms with Crippen LogP contribution in [0.25, 0.3) is 0 Å². The SMILES string of the molecule is Cc1ccsc1CNc1c(F)cc(C(=O)O)cc1F. The van der Waals surface area contributed by atoms with Gasteiger partial charge in [-0.1, -0.05) is 0 Å². The van der Waals surface area contributed by atoms with Crippen molar-refractivity contribution in [3.8, 4) is 0 Å². The van der Waals surface area contributed by atoms with Gasteiger partial charge in [-0.2, -0.15) is 0 Å². The van der Waals surface area contributed by atoms with E-state index in [2.05, 4.69) is 5.32 Å². The maximum atomic E-state index is 13.6. The van der Waals surface area contributed by atoms with Gasteiger partial charge in [0, 0.05) is 11.4 Å². The molecule has 2 aromatic rings. The minimum absolute atomic E-state index is 0.295. The molecule has 1 aromatic heterocycles. The number of hydrogen-bond donors (Lipinski definition) is 2. The van der Waals surface area contributed by atoms with E-state index >= 15 is 0 Å². The molecule has 0 atom stereocenters. The number of anilines is 1. The topological polar surface area (TPSA) is 49.3 Å². The molecule has 0 radical (unpaired) electrons. The van der Waals surface area contributed by atoms with Gasteiger partial charge in [0.2, 0.25) is 0 Å². The van der Waals surface area contributed by atoms with Crippen LogP contribution in [0.4, 0.5) is 14.5 Å². The predicted octanol–water partition coefficient (Wildman–Crippen LogP) is 3.65. The second-order valence-corrected chi connectivity index (χ2v) is 5.00. The molecule has 0 fully saturated rings. The fourth-order valence-corrected chi connectivity index (χ4v) is 2.47. The van der Waals surface area contributed by atoms with E-state index in [0.29, 0.717) is 6.54 Å². The molecule has 0 aliphatic rings. The van der Waals surface area contributed by atoms with Crippen LogP contribution in [-0.4, -0.2) is 11.1 Å². The summed E-state index contributed by atoms with van der Waals surface area (Å²) in [6.07, 6.45) is 0. The maximum Gasteiger partial charge on any atom is 0.335 e. The average molecular weight is 283 g/mol. The Morgan fingerprint density at radius 3 is 2.47 bits per heavy atom. The van der Waals surface area contributed by atoms with Crippen molar-refractivity contribution < 1.29 is 18.7 Å². The number of nitrogens with one attached hydrogen (secondary N) is 1. The fraction of sp³-hybridized carbons (Fsp3) is 0.154. The Hall–Kier alpha value is -1.95. The molecule has 3 nitrogen and oxygen atoms in total. The molecular formula is C13H11F2NO2S. The summed E-state index contributed by atoms with van der Waals surface area (Å²) in [5.41, 5.74) is 0.325. The van der Waals surface area contributed by atoms with Crippen molar-refractivity contribution in [2.75, 3.05) is 5.32 Å². The molecule has 2 rings (SSSR count). The standard InChI is InChI=1S/C13H11F2NO2S/c1-7-2-3-19-11(7)6-16-12-9(14)4-8(13(17)18)5-10(12)15/h2-5,16H,6H2,1H3,(H,17,18). The van der Waals surface area contributed by atoms with Crippen LogP contribution in [-0.2, 0) is 6.54 Å². The van der Waals surface area contributed by atoms with Crippen LogP contribution >= 0.6 is 11.3 Å². The molecule has 0 aliphatic heterocycles. The molecule has 0 amide bonds. The van der Waals surface area contributed by atoms with Crippen molar-refractivity contribution in [3.63, 3.8) is 0 Å². The molecule has 0 spiro atoms. The normalized spacial score (nSPS) is 10.5. The molecular weight excluding hydrogens is 272 g/mol. The van der Waals surface area contributed by atoms with Crippen LogP contribution in [0.1, 0.15) is 20.8 Å². The van der Waals surface area contributed by atoms with E-state index in [9.17, 15) is 13.6 Å². The smallest absolute Gasteiger partial charge is 0.335 e. The lowest BCUT2D eigenvalue weighted by Crippen LogP contribution is -2.06. The molecule has 19 heavy (non-hydrogen) atoms. The van der Waals surface area contributed by atoms with Gasteiger partial charge in [-0.25, -0.2) is 13.6 Å². The lowest BCUT2D eigenvalue weighted by atomic mass is 10.2. The number of rotatable bonds is 4. The highest BCUT2D eigenvalue weighted by atomic mass is 32.1. The second kappa shape index (κ2) is 5.36. The minimum atomic E-state index is -1.36. The maximum absolute atomic E-state index is 13.6. The highest BCUT2D eigenvalue weighted by molar-refractivity contribution is 7.10. The van der Waals surface area contributed by atoms with Crippen molar-refractivity contribution in [3.05, 3.63) is 51.2 Å². The fourth-order valence-electron chi connectivity index (χ4n) is 1.62. The largest absolute Gasteiger partial charge is 0.478 e. The number of aryl methyl sites for hydroxylation is 1. The van der Waals surface area contributed by atoms with E-state index in [1.807, 2.05) is 18.4 Å².